The number of hydrogen-bond acceptors (Lipinski definition) is 3. The van der Waals surface area contributed by atoms with Gasteiger partial charge in [-0.1, -0.05) is 18.2 Å². The number of para-hydroxylation sites is 2. The Morgan fingerprint density at radius 3 is 2.44 bits per heavy atom. The van der Waals surface area contributed by atoms with Crippen LogP contribution in [0.3, 0.4) is 0 Å². The largest absolute Gasteiger partial charge is 1.00 e. The third-order valence-corrected chi connectivity index (χ3v) is 2.56. The van der Waals surface area contributed by atoms with Gasteiger partial charge in [0.1, 0.15) is 11.5 Å². The molecular formula is C13H14LiNO3. The summed E-state index contributed by atoms with van der Waals surface area (Å²) < 4.78 is 10.7. The second kappa shape index (κ2) is 6.53. The first-order valence-electron chi connectivity index (χ1n) is 5.62. The van der Waals surface area contributed by atoms with Gasteiger partial charge in [0.25, 0.3) is 0 Å². The van der Waals surface area contributed by atoms with Crippen molar-refractivity contribution < 1.29 is 33.1 Å². The van der Waals surface area contributed by atoms with Crippen LogP contribution in [-0.4, -0.2) is 23.9 Å². The minimum absolute atomic E-state index is 0. The van der Waals surface area contributed by atoms with E-state index in [1.54, 1.807) is 17.0 Å². The molecule has 0 fully saturated rings. The summed E-state index contributed by atoms with van der Waals surface area (Å²) in [6.45, 7) is 5.09. The van der Waals surface area contributed by atoms with Crippen LogP contribution < -0.4 is 28.3 Å². The van der Waals surface area contributed by atoms with Crippen LogP contribution in [0.25, 0.3) is 0 Å². The Morgan fingerprint density at radius 2 is 1.83 bits per heavy atom. The molecule has 90 valence electrons. The summed E-state index contributed by atoms with van der Waals surface area (Å²) in [6.07, 6.45) is 2.53. The van der Waals surface area contributed by atoms with Crippen molar-refractivity contribution in [2.75, 3.05) is 13.1 Å². The van der Waals surface area contributed by atoms with E-state index in [9.17, 15) is 4.79 Å². The Bertz CT molecular complexity index is 455. The maximum absolute atomic E-state index is 12.0. The van der Waals surface area contributed by atoms with E-state index in [4.69, 9.17) is 9.47 Å². The number of ether oxygens (including phenoxy) is 2. The van der Waals surface area contributed by atoms with Crippen LogP contribution >= 0.6 is 0 Å². The Morgan fingerprint density at radius 1 is 1.22 bits per heavy atom. The van der Waals surface area contributed by atoms with Crippen molar-refractivity contribution in [3.63, 3.8) is 0 Å². The normalized spacial score (nSPS) is 12.2. The fourth-order valence-corrected chi connectivity index (χ4v) is 1.59. The quantitative estimate of drug-likeness (QED) is 0.500. The minimum atomic E-state index is -0.204. The number of hydrogen-bond donors (Lipinski definition) is 0. The monoisotopic (exact) mass is 239 g/mol. The van der Waals surface area contributed by atoms with Gasteiger partial charge in [-0.15, -0.1) is 0 Å². The molecule has 0 bridgehead atoms. The van der Waals surface area contributed by atoms with Gasteiger partial charge in [-0.25, -0.2) is 0 Å². The number of likely N-dealkylation sites (N-methyl/N-ethyl adjacent to an activating group) is 1. The van der Waals surface area contributed by atoms with Crippen molar-refractivity contribution >= 4 is 5.91 Å². The number of benzene rings is 1. The van der Waals surface area contributed by atoms with E-state index in [0.29, 0.717) is 24.6 Å². The number of carbonyl (C=O) groups excluding carboxylic acids is 1. The molecule has 4 nitrogen and oxygen atoms in total. The smallest absolute Gasteiger partial charge is 0.573 e. The maximum Gasteiger partial charge on any atom is 1.00 e. The summed E-state index contributed by atoms with van der Waals surface area (Å²) in [5.41, 5.74) is 0. The first kappa shape index (κ1) is 14.7. The number of rotatable bonds is 3. The zero-order valence-electron chi connectivity index (χ0n) is 10.9. The van der Waals surface area contributed by atoms with Crippen LogP contribution in [0.2, 0.25) is 0 Å². The topological polar surface area (TPSA) is 38.8 Å². The van der Waals surface area contributed by atoms with E-state index >= 15 is 0 Å². The van der Waals surface area contributed by atoms with Gasteiger partial charge in [-0.2, -0.15) is 0 Å². The van der Waals surface area contributed by atoms with Crippen molar-refractivity contribution in [1.29, 1.82) is 0 Å². The number of amides is 1. The van der Waals surface area contributed by atoms with Gasteiger partial charge in [0.05, 0.1) is 5.75 Å². The van der Waals surface area contributed by atoms with Gasteiger partial charge in [0.2, 0.25) is 0 Å². The molecule has 0 atom stereocenters. The van der Waals surface area contributed by atoms with Gasteiger partial charge in [-0.05, 0) is 19.9 Å². The average Bonchev–Trinajstić information content (AvgIpc) is 2.39. The molecule has 0 saturated heterocycles. The van der Waals surface area contributed by atoms with Gasteiger partial charge in [0.15, 0.2) is 5.91 Å². The molecule has 0 N–H and O–H groups in total. The molecule has 0 radical (unpaired) electrons. The summed E-state index contributed by atoms with van der Waals surface area (Å²) in [5, 5.41) is 0. The molecule has 5 heteroatoms. The SMILES string of the molecule is CCN(CC)C(=O)C1=[C-]Oc2ccccc2O1.[Li+]. The van der Waals surface area contributed by atoms with E-state index < -0.39 is 0 Å². The van der Waals surface area contributed by atoms with Crippen LogP contribution in [0.5, 0.6) is 11.5 Å². The van der Waals surface area contributed by atoms with Crippen LogP contribution in [0, 0.1) is 6.26 Å². The summed E-state index contributed by atoms with van der Waals surface area (Å²) in [5.74, 6) is 1.02. The fraction of sp³-hybridized carbons (Fsp3) is 0.308. The Hall–Kier alpha value is -1.37. The van der Waals surface area contributed by atoms with Crippen LogP contribution in [0.1, 0.15) is 13.8 Å². The number of fused-ring (bicyclic) bond motifs is 1. The molecule has 0 aromatic heterocycles. The van der Waals surface area contributed by atoms with Gasteiger partial charge in [0, 0.05) is 19.4 Å². The Kier molecular flexibility index (Phi) is 5.33. The summed E-state index contributed by atoms with van der Waals surface area (Å²) >= 11 is 0. The average molecular weight is 239 g/mol. The summed E-state index contributed by atoms with van der Waals surface area (Å²) in [7, 11) is 0. The molecule has 1 aromatic rings. The zero-order valence-corrected chi connectivity index (χ0v) is 10.9. The molecule has 1 heterocycles. The standard InChI is InChI=1S/C13H14NO3.Li/c1-3-14(4-2)13(15)12-9-16-10-7-5-6-8-11(10)17-12;/h5-8H,3-4H2,1-2H3;/q-1;+1. The van der Waals surface area contributed by atoms with Crippen molar-refractivity contribution in [3.05, 3.63) is 36.3 Å². The Balaban J connectivity index is 0.00000162. The molecule has 1 aliphatic rings. The van der Waals surface area contributed by atoms with E-state index in [-0.39, 0.29) is 30.5 Å². The predicted octanol–water partition coefficient (Wildman–Crippen LogP) is -1.03. The number of carbonyl (C=O) groups is 1. The van der Waals surface area contributed by atoms with Gasteiger partial charge >= 0.3 is 18.9 Å². The second-order valence-corrected chi connectivity index (χ2v) is 3.56. The van der Waals surface area contributed by atoms with Crippen molar-refractivity contribution in [2.24, 2.45) is 0 Å². The van der Waals surface area contributed by atoms with Crippen molar-refractivity contribution in [1.82, 2.24) is 4.90 Å². The summed E-state index contributed by atoms with van der Waals surface area (Å²) in [6, 6.07) is 7.18. The molecule has 0 saturated carbocycles. The molecular weight excluding hydrogens is 225 g/mol. The molecule has 0 spiro atoms. The van der Waals surface area contributed by atoms with Crippen LogP contribution in [0.4, 0.5) is 0 Å². The number of nitrogens with zero attached hydrogens (tertiary/aromatic N) is 1. The molecule has 1 aromatic carbocycles. The first-order chi connectivity index (χ1) is 8.26. The molecule has 18 heavy (non-hydrogen) atoms. The molecule has 0 aliphatic carbocycles. The summed E-state index contributed by atoms with van der Waals surface area (Å²) in [4.78, 5) is 13.6. The van der Waals surface area contributed by atoms with Crippen molar-refractivity contribution in [3.8, 4) is 11.5 Å². The van der Waals surface area contributed by atoms with Crippen LogP contribution in [0.15, 0.2) is 30.0 Å². The molecule has 2 rings (SSSR count). The Labute approximate surface area is 119 Å². The van der Waals surface area contributed by atoms with E-state index in [2.05, 4.69) is 6.26 Å². The zero-order chi connectivity index (χ0) is 12.3. The third-order valence-electron chi connectivity index (χ3n) is 2.56. The maximum atomic E-state index is 12.0. The van der Waals surface area contributed by atoms with E-state index in [1.807, 2.05) is 26.0 Å². The second-order valence-electron chi connectivity index (χ2n) is 3.56. The molecule has 0 unspecified atom stereocenters. The first-order valence-corrected chi connectivity index (χ1v) is 5.62. The van der Waals surface area contributed by atoms with Crippen LogP contribution in [-0.2, 0) is 4.79 Å². The molecule has 1 amide bonds. The third kappa shape index (κ3) is 2.90. The molecule has 1 aliphatic heterocycles. The van der Waals surface area contributed by atoms with Gasteiger partial charge in [-0.3, -0.25) is 0 Å². The van der Waals surface area contributed by atoms with Gasteiger partial charge < -0.3 is 19.2 Å². The minimum Gasteiger partial charge on any atom is -0.573 e. The van der Waals surface area contributed by atoms with Crippen molar-refractivity contribution in [2.45, 2.75) is 13.8 Å². The fourth-order valence-electron chi connectivity index (χ4n) is 1.59. The predicted molar refractivity (Wildman–Crippen MR) is 62.4 cm³/mol. The van der Waals surface area contributed by atoms with E-state index in [1.165, 1.54) is 0 Å². The van der Waals surface area contributed by atoms with E-state index in [0.717, 1.165) is 0 Å².